The van der Waals surface area contributed by atoms with Gasteiger partial charge in [-0.3, -0.25) is 10.1 Å². The maximum Gasteiger partial charge on any atom is 0.270 e. The fourth-order valence-corrected chi connectivity index (χ4v) is 2.21. The van der Waals surface area contributed by atoms with E-state index in [2.05, 4.69) is 22.2 Å². The first-order chi connectivity index (χ1) is 9.15. The molecule has 2 atom stereocenters. The van der Waals surface area contributed by atoms with Crippen LogP contribution in [-0.2, 0) is 0 Å². The van der Waals surface area contributed by atoms with Gasteiger partial charge in [-0.05, 0) is 24.3 Å². The summed E-state index contributed by atoms with van der Waals surface area (Å²) in [5.74, 6) is 2.12. The number of aromatic nitrogens is 2. The first-order valence-corrected chi connectivity index (χ1v) is 6.28. The summed E-state index contributed by atoms with van der Waals surface area (Å²) in [6.45, 7) is 3.07. The molecule has 1 saturated carbocycles. The Hall–Kier alpha value is -2.24. The van der Waals surface area contributed by atoms with Crippen molar-refractivity contribution >= 4 is 22.4 Å². The Balaban J connectivity index is 1.93. The molecular weight excluding hydrogens is 244 g/mol. The monoisotopic (exact) mass is 258 g/mol. The molecule has 6 heteroatoms. The van der Waals surface area contributed by atoms with Gasteiger partial charge < -0.3 is 5.32 Å². The standard InChI is InChI=1S/C13H14N4O2/c1-8-4-9(8)6-14-13-11-5-10(17(18)19)2-3-12(11)15-7-16-13/h2-3,5,7-9H,4,6H2,1H3,(H,14,15,16). The highest BCUT2D eigenvalue weighted by molar-refractivity contribution is 5.90. The Labute approximate surface area is 110 Å². The van der Waals surface area contributed by atoms with Crippen LogP contribution in [0.3, 0.4) is 0 Å². The van der Waals surface area contributed by atoms with Gasteiger partial charge in [-0.25, -0.2) is 9.97 Å². The fourth-order valence-electron chi connectivity index (χ4n) is 2.21. The molecule has 2 unspecified atom stereocenters. The highest BCUT2D eigenvalue weighted by Crippen LogP contribution is 2.37. The topological polar surface area (TPSA) is 81.0 Å². The highest BCUT2D eigenvalue weighted by Gasteiger charge is 2.32. The number of nitro benzene ring substituents is 1. The van der Waals surface area contributed by atoms with Gasteiger partial charge in [0.05, 0.1) is 10.4 Å². The number of fused-ring (bicyclic) bond motifs is 1. The molecule has 1 aromatic heterocycles. The minimum Gasteiger partial charge on any atom is -0.369 e. The summed E-state index contributed by atoms with van der Waals surface area (Å²) in [5.41, 5.74) is 0.775. The molecular formula is C13H14N4O2. The molecule has 98 valence electrons. The first kappa shape index (κ1) is 11.8. The van der Waals surface area contributed by atoms with Crippen molar-refractivity contribution < 1.29 is 4.92 Å². The molecule has 1 aliphatic carbocycles. The molecule has 1 N–H and O–H groups in total. The summed E-state index contributed by atoms with van der Waals surface area (Å²) in [6.07, 6.45) is 2.71. The second-order valence-corrected chi connectivity index (χ2v) is 5.03. The van der Waals surface area contributed by atoms with Gasteiger partial charge in [-0.15, -0.1) is 0 Å². The van der Waals surface area contributed by atoms with E-state index < -0.39 is 4.92 Å². The van der Waals surface area contributed by atoms with Crippen molar-refractivity contribution in [2.45, 2.75) is 13.3 Å². The third-order valence-electron chi connectivity index (χ3n) is 3.64. The van der Waals surface area contributed by atoms with Crippen LogP contribution in [0.4, 0.5) is 11.5 Å². The molecule has 0 bridgehead atoms. The number of non-ortho nitro benzene ring substituents is 1. The quantitative estimate of drug-likeness (QED) is 0.673. The molecule has 1 fully saturated rings. The third kappa shape index (κ3) is 2.33. The van der Waals surface area contributed by atoms with E-state index >= 15 is 0 Å². The number of rotatable bonds is 4. The predicted molar refractivity (Wildman–Crippen MR) is 72.0 cm³/mol. The Morgan fingerprint density at radius 1 is 1.47 bits per heavy atom. The lowest BCUT2D eigenvalue weighted by molar-refractivity contribution is -0.384. The largest absolute Gasteiger partial charge is 0.369 e. The van der Waals surface area contributed by atoms with Crippen LogP contribution in [0.1, 0.15) is 13.3 Å². The molecule has 1 aliphatic rings. The van der Waals surface area contributed by atoms with Gasteiger partial charge in [0.1, 0.15) is 12.1 Å². The van der Waals surface area contributed by atoms with Crippen molar-refractivity contribution in [1.29, 1.82) is 0 Å². The van der Waals surface area contributed by atoms with Gasteiger partial charge in [-0.1, -0.05) is 6.92 Å². The van der Waals surface area contributed by atoms with Crippen LogP contribution in [0.25, 0.3) is 10.9 Å². The number of nitro groups is 1. The Kier molecular flexibility index (Phi) is 2.77. The van der Waals surface area contributed by atoms with E-state index in [-0.39, 0.29) is 5.69 Å². The molecule has 0 spiro atoms. The number of hydrogen-bond acceptors (Lipinski definition) is 5. The number of nitrogens with zero attached hydrogens (tertiary/aromatic N) is 3. The Morgan fingerprint density at radius 2 is 2.26 bits per heavy atom. The van der Waals surface area contributed by atoms with E-state index in [0.717, 1.165) is 12.5 Å². The summed E-state index contributed by atoms with van der Waals surface area (Å²) in [7, 11) is 0. The van der Waals surface area contributed by atoms with Gasteiger partial charge in [0.2, 0.25) is 0 Å². The lowest BCUT2D eigenvalue weighted by atomic mass is 10.2. The second-order valence-electron chi connectivity index (χ2n) is 5.03. The molecule has 1 aromatic carbocycles. The van der Waals surface area contributed by atoms with Crippen molar-refractivity contribution in [3.05, 3.63) is 34.6 Å². The Bertz CT molecular complexity index is 644. The smallest absolute Gasteiger partial charge is 0.270 e. The van der Waals surface area contributed by atoms with Gasteiger partial charge >= 0.3 is 0 Å². The summed E-state index contributed by atoms with van der Waals surface area (Å²) >= 11 is 0. The van der Waals surface area contributed by atoms with Crippen molar-refractivity contribution in [1.82, 2.24) is 9.97 Å². The van der Waals surface area contributed by atoms with Gasteiger partial charge in [0.15, 0.2) is 0 Å². The van der Waals surface area contributed by atoms with Crippen LogP contribution in [0.5, 0.6) is 0 Å². The zero-order valence-corrected chi connectivity index (χ0v) is 10.5. The zero-order valence-electron chi connectivity index (χ0n) is 10.5. The van der Waals surface area contributed by atoms with E-state index in [9.17, 15) is 10.1 Å². The molecule has 0 radical (unpaired) electrons. The molecule has 0 aliphatic heterocycles. The van der Waals surface area contributed by atoms with Crippen LogP contribution in [-0.4, -0.2) is 21.4 Å². The molecule has 19 heavy (non-hydrogen) atoms. The molecule has 6 nitrogen and oxygen atoms in total. The fraction of sp³-hybridized carbons (Fsp3) is 0.385. The molecule has 2 aromatic rings. The van der Waals surface area contributed by atoms with Crippen LogP contribution >= 0.6 is 0 Å². The average molecular weight is 258 g/mol. The molecule has 0 saturated heterocycles. The summed E-state index contributed by atoms with van der Waals surface area (Å²) in [5, 5.41) is 14.8. The number of anilines is 1. The van der Waals surface area contributed by atoms with E-state index in [0.29, 0.717) is 22.6 Å². The van der Waals surface area contributed by atoms with Crippen LogP contribution < -0.4 is 5.32 Å². The maximum absolute atomic E-state index is 10.8. The molecule has 1 heterocycles. The van der Waals surface area contributed by atoms with E-state index in [4.69, 9.17) is 0 Å². The number of nitrogens with one attached hydrogen (secondary N) is 1. The number of hydrogen-bond donors (Lipinski definition) is 1. The lowest BCUT2D eigenvalue weighted by Crippen LogP contribution is -2.06. The lowest BCUT2D eigenvalue weighted by Gasteiger charge is -2.07. The van der Waals surface area contributed by atoms with E-state index in [1.165, 1.54) is 24.9 Å². The molecule has 3 rings (SSSR count). The first-order valence-electron chi connectivity index (χ1n) is 6.28. The maximum atomic E-state index is 10.8. The highest BCUT2D eigenvalue weighted by atomic mass is 16.6. The van der Waals surface area contributed by atoms with Gasteiger partial charge in [-0.2, -0.15) is 0 Å². The van der Waals surface area contributed by atoms with Gasteiger partial charge in [0, 0.05) is 24.1 Å². The third-order valence-corrected chi connectivity index (χ3v) is 3.64. The van der Waals surface area contributed by atoms with Crippen LogP contribution in [0.15, 0.2) is 24.5 Å². The van der Waals surface area contributed by atoms with Crippen molar-refractivity contribution in [3.63, 3.8) is 0 Å². The van der Waals surface area contributed by atoms with Crippen molar-refractivity contribution in [3.8, 4) is 0 Å². The summed E-state index contributed by atoms with van der Waals surface area (Å²) < 4.78 is 0. The second kappa shape index (κ2) is 4.46. The molecule has 0 amide bonds. The minimum absolute atomic E-state index is 0.0603. The van der Waals surface area contributed by atoms with Crippen molar-refractivity contribution in [2.24, 2.45) is 11.8 Å². The van der Waals surface area contributed by atoms with E-state index in [1.54, 1.807) is 6.07 Å². The van der Waals surface area contributed by atoms with Crippen molar-refractivity contribution in [2.75, 3.05) is 11.9 Å². The van der Waals surface area contributed by atoms with Gasteiger partial charge in [0.25, 0.3) is 5.69 Å². The normalized spacial score (nSPS) is 21.3. The summed E-state index contributed by atoms with van der Waals surface area (Å²) in [6, 6.07) is 4.64. The van der Waals surface area contributed by atoms with E-state index in [1.807, 2.05) is 0 Å². The Morgan fingerprint density at radius 3 is 2.95 bits per heavy atom. The van der Waals surface area contributed by atoms with Crippen LogP contribution in [0.2, 0.25) is 0 Å². The average Bonchev–Trinajstić information content (AvgIpc) is 3.11. The zero-order chi connectivity index (χ0) is 13.4. The number of benzene rings is 1. The SMILES string of the molecule is CC1CC1CNc1ncnc2ccc([N+](=O)[O-])cc12. The summed E-state index contributed by atoms with van der Waals surface area (Å²) in [4.78, 5) is 18.7. The predicted octanol–water partition coefficient (Wildman–Crippen LogP) is 2.61. The van der Waals surface area contributed by atoms with Crippen LogP contribution in [0, 0.1) is 22.0 Å². The minimum atomic E-state index is -0.404.